The minimum atomic E-state index is -0.644. The molecule has 0 aliphatic heterocycles. The summed E-state index contributed by atoms with van der Waals surface area (Å²) in [5.74, 6) is 3.23. The molecule has 1 atom stereocenters. The first kappa shape index (κ1) is 30.3. The molecule has 212 valence electrons. The third-order valence-electron chi connectivity index (χ3n) is 6.82. The molecule has 2 N–H and O–H groups in total. The van der Waals surface area contributed by atoms with Crippen molar-refractivity contribution in [3.05, 3.63) is 83.9 Å². The third-order valence-corrected chi connectivity index (χ3v) is 6.82. The number of aliphatic hydroxyl groups excluding tert-OH is 1. The zero-order chi connectivity index (χ0) is 28.3. The fourth-order valence-corrected chi connectivity index (χ4v) is 4.73. The Hall–Kier alpha value is -3.26. The Morgan fingerprint density at radius 3 is 1.85 bits per heavy atom. The van der Waals surface area contributed by atoms with Crippen LogP contribution in [0.25, 0.3) is 0 Å². The van der Waals surface area contributed by atoms with Crippen molar-refractivity contribution in [3.8, 4) is 23.0 Å². The highest BCUT2D eigenvalue weighted by Gasteiger charge is 2.22. The largest absolute Gasteiger partial charge is 0.497 e. The van der Waals surface area contributed by atoms with E-state index in [4.69, 9.17) is 18.9 Å². The summed E-state index contributed by atoms with van der Waals surface area (Å²) in [6, 6.07) is 24.1. The van der Waals surface area contributed by atoms with Gasteiger partial charge in [0.15, 0.2) is 11.5 Å². The van der Waals surface area contributed by atoms with E-state index in [0.717, 1.165) is 31.0 Å². The second kappa shape index (κ2) is 14.8. The van der Waals surface area contributed by atoms with Crippen LogP contribution < -0.4 is 24.3 Å². The van der Waals surface area contributed by atoms with Crippen molar-refractivity contribution < 1.29 is 24.1 Å². The third kappa shape index (κ3) is 9.46. The smallest absolute Gasteiger partial charge is 0.161 e. The Bertz CT molecular complexity index is 1070. The standard InChI is InChI=1S/C32H44N2O5/c1-32(2,33-21-26(35)22-39-31-10-8-7-9-30(31)38-6)23-34(3)20-19-29(24-11-15-27(36-4)16-12-24)25-13-17-28(37-5)18-14-25/h7-18,26,29,33,35H,19-23H2,1-6H3. The highest BCUT2D eigenvalue weighted by Crippen LogP contribution is 2.31. The van der Waals surface area contributed by atoms with E-state index >= 15 is 0 Å². The number of β-amino-alcohol motifs (C(OH)–C–C–N with tert-alkyl or cyclic N) is 1. The molecule has 3 aromatic rings. The van der Waals surface area contributed by atoms with Crippen LogP contribution in [0.4, 0.5) is 0 Å². The van der Waals surface area contributed by atoms with Crippen LogP contribution >= 0.6 is 0 Å². The van der Waals surface area contributed by atoms with Crippen LogP contribution in [-0.4, -0.2) is 76.3 Å². The maximum atomic E-state index is 10.5. The second-order valence-corrected chi connectivity index (χ2v) is 10.5. The van der Waals surface area contributed by atoms with Gasteiger partial charge in [-0.3, -0.25) is 0 Å². The summed E-state index contributed by atoms with van der Waals surface area (Å²) < 4.78 is 21.8. The minimum absolute atomic E-state index is 0.185. The Labute approximate surface area is 233 Å². The summed E-state index contributed by atoms with van der Waals surface area (Å²) in [7, 11) is 7.12. The first-order chi connectivity index (χ1) is 18.7. The normalized spacial score (nSPS) is 12.4. The van der Waals surface area contributed by atoms with E-state index in [0.29, 0.717) is 18.0 Å². The van der Waals surface area contributed by atoms with Gasteiger partial charge >= 0.3 is 0 Å². The number of benzene rings is 3. The molecular weight excluding hydrogens is 492 g/mol. The molecule has 0 radical (unpaired) electrons. The number of nitrogens with one attached hydrogen (secondary N) is 1. The van der Waals surface area contributed by atoms with Crippen LogP contribution in [0.15, 0.2) is 72.8 Å². The quantitative estimate of drug-likeness (QED) is 0.268. The Balaban J connectivity index is 1.54. The monoisotopic (exact) mass is 536 g/mol. The second-order valence-electron chi connectivity index (χ2n) is 10.5. The van der Waals surface area contributed by atoms with Crippen molar-refractivity contribution in [1.29, 1.82) is 0 Å². The fraction of sp³-hybridized carbons (Fsp3) is 0.438. The predicted octanol–water partition coefficient (Wildman–Crippen LogP) is 4.97. The summed E-state index contributed by atoms with van der Waals surface area (Å²) in [6.07, 6.45) is 0.315. The molecule has 0 aliphatic rings. The zero-order valence-corrected chi connectivity index (χ0v) is 24.1. The number of nitrogens with zero attached hydrogens (tertiary/aromatic N) is 1. The van der Waals surface area contributed by atoms with E-state index < -0.39 is 6.10 Å². The number of para-hydroxylation sites is 2. The molecular formula is C32H44N2O5. The highest BCUT2D eigenvalue weighted by atomic mass is 16.5. The topological polar surface area (TPSA) is 72.4 Å². The maximum absolute atomic E-state index is 10.5. The highest BCUT2D eigenvalue weighted by molar-refractivity contribution is 5.39. The predicted molar refractivity (Wildman–Crippen MR) is 157 cm³/mol. The first-order valence-electron chi connectivity index (χ1n) is 13.4. The van der Waals surface area contributed by atoms with Gasteiger partial charge in [-0.2, -0.15) is 0 Å². The van der Waals surface area contributed by atoms with Gasteiger partial charge < -0.3 is 34.3 Å². The zero-order valence-electron chi connectivity index (χ0n) is 24.1. The fourth-order valence-electron chi connectivity index (χ4n) is 4.73. The van der Waals surface area contributed by atoms with Crippen LogP contribution in [-0.2, 0) is 0 Å². The van der Waals surface area contributed by atoms with Crippen molar-refractivity contribution >= 4 is 0 Å². The summed E-state index contributed by atoms with van der Waals surface area (Å²) in [5.41, 5.74) is 2.31. The molecule has 0 saturated carbocycles. The molecule has 0 fully saturated rings. The SMILES string of the molecule is COc1ccc(C(CCN(C)CC(C)(C)NCC(O)COc2ccccc2OC)c2ccc(OC)cc2)cc1. The van der Waals surface area contributed by atoms with Gasteiger partial charge in [0.05, 0.1) is 21.3 Å². The van der Waals surface area contributed by atoms with E-state index in [9.17, 15) is 5.11 Å². The van der Waals surface area contributed by atoms with Gasteiger partial charge in [-0.1, -0.05) is 36.4 Å². The van der Waals surface area contributed by atoms with E-state index in [1.54, 1.807) is 21.3 Å². The molecule has 0 aliphatic carbocycles. The van der Waals surface area contributed by atoms with Crippen LogP contribution in [0, 0.1) is 0 Å². The number of hydrogen-bond donors (Lipinski definition) is 2. The van der Waals surface area contributed by atoms with Crippen LogP contribution in [0.5, 0.6) is 23.0 Å². The van der Waals surface area contributed by atoms with Crippen LogP contribution in [0.1, 0.15) is 37.3 Å². The molecule has 39 heavy (non-hydrogen) atoms. The number of aliphatic hydroxyl groups is 1. The molecule has 0 saturated heterocycles. The Morgan fingerprint density at radius 2 is 1.33 bits per heavy atom. The average Bonchev–Trinajstić information content (AvgIpc) is 2.95. The molecule has 0 aromatic heterocycles. The van der Waals surface area contributed by atoms with Gasteiger partial charge in [0.2, 0.25) is 0 Å². The summed E-state index contributed by atoms with van der Waals surface area (Å²) in [5, 5.41) is 14.0. The number of methoxy groups -OCH3 is 3. The molecule has 1 unspecified atom stereocenters. The summed E-state index contributed by atoms with van der Waals surface area (Å²) >= 11 is 0. The van der Waals surface area contributed by atoms with Gasteiger partial charge in [-0.05, 0) is 81.4 Å². The lowest BCUT2D eigenvalue weighted by Gasteiger charge is -2.33. The molecule has 7 heteroatoms. The van der Waals surface area contributed by atoms with Crippen molar-refractivity contribution in [2.24, 2.45) is 0 Å². The average molecular weight is 537 g/mol. The lowest BCUT2D eigenvalue weighted by molar-refractivity contribution is 0.0936. The van der Waals surface area contributed by atoms with Gasteiger partial charge in [0.1, 0.15) is 24.2 Å². The van der Waals surface area contributed by atoms with Crippen LogP contribution in [0.3, 0.4) is 0 Å². The van der Waals surface area contributed by atoms with E-state index in [1.165, 1.54) is 11.1 Å². The van der Waals surface area contributed by atoms with Gasteiger partial charge in [0, 0.05) is 24.5 Å². The Kier molecular flexibility index (Phi) is 11.5. The summed E-state index contributed by atoms with van der Waals surface area (Å²) in [4.78, 5) is 2.34. The number of hydrogen-bond acceptors (Lipinski definition) is 7. The molecule has 7 nitrogen and oxygen atoms in total. The maximum Gasteiger partial charge on any atom is 0.161 e. The van der Waals surface area contributed by atoms with E-state index in [-0.39, 0.29) is 18.1 Å². The van der Waals surface area contributed by atoms with Crippen molar-refractivity contribution in [3.63, 3.8) is 0 Å². The Morgan fingerprint density at radius 1 is 0.795 bits per heavy atom. The number of ether oxygens (including phenoxy) is 4. The van der Waals surface area contributed by atoms with Gasteiger partial charge in [-0.15, -0.1) is 0 Å². The lowest BCUT2D eigenvalue weighted by Crippen LogP contribution is -2.51. The first-order valence-corrected chi connectivity index (χ1v) is 13.4. The molecule has 0 spiro atoms. The molecule has 0 bridgehead atoms. The molecule has 0 heterocycles. The van der Waals surface area contributed by atoms with Gasteiger partial charge in [-0.25, -0.2) is 0 Å². The van der Waals surface area contributed by atoms with Crippen molar-refractivity contribution in [2.45, 2.75) is 37.8 Å². The van der Waals surface area contributed by atoms with E-state index in [2.05, 4.69) is 55.4 Å². The molecule has 0 amide bonds. The molecule has 3 rings (SSSR count). The number of likely N-dealkylation sites (N-methyl/N-ethyl adjacent to an activating group) is 1. The van der Waals surface area contributed by atoms with E-state index in [1.807, 2.05) is 48.5 Å². The van der Waals surface area contributed by atoms with Crippen LogP contribution in [0.2, 0.25) is 0 Å². The van der Waals surface area contributed by atoms with Crippen molar-refractivity contribution in [2.75, 3.05) is 54.6 Å². The van der Waals surface area contributed by atoms with Crippen molar-refractivity contribution in [1.82, 2.24) is 10.2 Å². The lowest BCUT2D eigenvalue weighted by atomic mass is 9.88. The molecule has 3 aromatic carbocycles. The minimum Gasteiger partial charge on any atom is -0.497 e. The number of rotatable bonds is 16. The van der Waals surface area contributed by atoms with Gasteiger partial charge in [0.25, 0.3) is 0 Å². The summed E-state index contributed by atoms with van der Waals surface area (Å²) in [6.45, 7) is 6.66.